The van der Waals surface area contributed by atoms with Crippen LogP contribution in [0.5, 0.6) is 0 Å². The van der Waals surface area contributed by atoms with Crippen molar-refractivity contribution in [1.29, 1.82) is 0 Å². The van der Waals surface area contributed by atoms with Crippen LogP contribution in [0.3, 0.4) is 0 Å². The minimum absolute atomic E-state index is 0.0568. The molecule has 0 fully saturated rings. The van der Waals surface area contributed by atoms with Gasteiger partial charge in [0, 0.05) is 24.7 Å². The van der Waals surface area contributed by atoms with Crippen molar-refractivity contribution in [1.82, 2.24) is 4.90 Å². The smallest absolute Gasteiger partial charge is 0.255 e. The Labute approximate surface area is 124 Å². The van der Waals surface area contributed by atoms with Crippen molar-refractivity contribution in [3.8, 4) is 0 Å². The number of methoxy groups -OCH3 is 1. The summed E-state index contributed by atoms with van der Waals surface area (Å²) in [4.78, 5) is 14.5. The zero-order valence-electron chi connectivity index (χ0n) is 12.1. The molecule has 0 aromatic heterocycles. The first-order valence-corrected chi connectivity index (χ1v) is 7.30. The molecule has 0 aliphatic rings. The number of rotatable bonds is 6. The third-order valence-corrected chi connectivity index (χ3v) is 3.91. The molecule has 1 aromatic rings. The zero-order valence-corrected chi connectivity index (χ0v) is 13.7. The summed E-state index contributed by atoms with van der Waals surface area (Å²) < 4.78 is 5.97. The van der Waals surface area contributed by atoms with Crippen LogP contribution in [0.2, 0.25) is 0 Å². The summed E-state index contributed by atoms with van der Waals surface area (Å²) in [5, 5.41) is 0. The van der Waals surface area contributed by atoms with Gasteiger partial charge in [-0.1, -0.05) is 26.0 Å². The molecule has 0 saturated carbocycles. The Balaban J connectivity index is 2.94. The number of carbonyl (C=O) groups excluding carboxylic acids is 1. The molecule has 0 aliphatic heterocycles. The Bertz CT molecular complexity index is 432. The standard InChI is InChI=1S/C15H22BrNO2/c1-11(2)10-17(8-9-19-4)15(18)13-7-5-6-12(3)14(13)16/h5-7,11H,8-10H2,1-4H3. The van der Waals surface area contributed by atoms with E-state index < -0.39 is 0 Å². The molecule has 0 saturated heterocycles. The van der Waals surface area contributed by atoms with Crippen LogP contribution in [0.1, 0.15) is 29.8 Å². The van der Waals surface area contributed by atoms with Gasteiger partial charge in [0.2, 0.25) is 0 Å². The fraction of sp³-hybridized carbons (Fsp3) is 0.533. The third-order valence-electron chi connectivity index (χ3n) is 2.86. The van der Waals surface area contributed by atoms with E-state index in [1.807, 2.05) is 30.0 Å². The highest BCUT2D eigenvalue weighted by atomic mass is 79.9. The summed E-state index contributed by atoms with van der Waals surface area (Å²) in [6.07, 6.45) is 0. The van der Waals surface area contributed by atoms with Crippen molar-refractivity contribution in [2.24, 2.45) is 5.92 Å². The maximum atomic E-state index is 12.6. The first-order chi connectivity index (χ1) is 8.97. The third kappa shape index (κ3) is 4.62. The quantitative estimate of drug-likeness (QED) is 0.800. The minimum atomic E-state index is 0.0568. The second-order valence-electron chi connectivity index (χ2n) is 5.07. The monoisotopic (exact) mass is 327 g/mol. The Hall–Kier alpha value is -0.870. The molecule has 1 amide bonds. The average molecular weight is 328 g/mol. The van der Waals surface area contributed by atoms with Crippen LogP contribution in [0.25, 0.3) is 0 Å². The molecule has 1 rings (SSSR count). The van der Waals surface area contributed by atoms with Crippen molar-refractivity contribution in [3.63, 3.8) is 0 Å². The number of hydrogen-bond donors (Lipinski definition) is 0. The first kappa shape index (κ1) is 16.2. The lowest BCUT2D eigenvalue weighted by Gasteiger charge is -2.25. The number of nitrogens with zero attached hydrogens (tertiary/aromatic N) is 1. The minimum Gasteiger partial charge on any atom is -0.383 e. The number of benzene rings is 1. The molecule has 0 N–H and O–H groups in total. The van der Waals surface area contributed by atoms with E-state index in [0.717, 1.165) is 22.1 Å². The predicted molar refractivity (Wildman–Crippen MR) is 81.5 cm³/mol. The largest absolute Gasteiger partial charge is 0.383 e. The molecule has 0 atom stereocenters. The highest BCUT2D eigenvalue weighted by Crippen LogP contribution is 2.22. The van der Waals surface area contributed by atoms with Gasteiger partial charge in [0.15, 0.2) is 0 Å². The van der Waals surface area contributed by atoms with Crippen LogP contribution in [-0.2, 0) is 4.74 Å². The van der Waals surface area contributed by atoms with E-state index >= 15 is 0 Å². The Morgan fingerprint density at radius 1 is 1.42 bits per heavy atom. The van der Waals surface area contributed by atoms with Gasteiger partial charge in [-0.25, -0.2) is 0 Å². The van der Waals surface area contributed by atoms with Gasteiger partial charge in [0.1, 0.15) is 0 Å². The van der Waals surface area contributed by atoms with Crippen molar-refractivity contribution in [3.05, 3.63) is 33.8 Å². The summed E-state index contributed by atoms with van der Waals surface area (Å²) in [5.74, 6) is 0.491. The Morgan fingerprint density at radius 3 is 2.68 bits per heavy atom. The fourth-order valence-electron chi connectivity index (χ4n) is 1.90. The van der Waals surface area contributed by atoms with E-state index in [9.17, 15) is 4.79 Å². The summed E-state index contributed by atoms with van der Waals surface area (Å²) in [6, 6.07) is 5.76. The van der Waals surface area contributed by atoms with Crippen molar-refractivity contribution < 1.29 is 9.53 Å². The number of ether oxygens (including phenoxy) is 1. The summed E-state index contributed by atoms with van der Waals surface area (Å²) in [7, 11) is 1.65. The summed E-state index contributed by atoms with van der Waals surface area (Å²) >= 11 is 3.50. The number of hydrogen-bond acceptors (Lipinski definition) is 2. The van der Waals surface area contributed by atoms with Gasteiger partial charge in [-0.3, -0.25) is 4.79 Å². The number of aryl methyl sites for hydroxylation is 1. The molecule has 4 heteroatoms. The number of carbonyl (C=O) groups is 1. The molecule has 19 heavy (non-hydrogen) atoms. The van der Waals surface area contributed by atoms with Crippen LogP contribution in [-0.4, -0.2) is 37.6 Å². The van der Waals surface area contributed by atoms with Gasteiger partial charge in [0.05, 0.1) is 12.2 Å². The maximum Gasteiger partial charge on any atom is 0.255 e. The lowest BCUT2D eigenvalue weighted by Crippen LogP contribution is -2.37. The van der Waals surface area contributed by atoms with E-state index in [1.165, 1.54) is 0 Å². The lowest BCUT2D eigenvalue weighted by molar-refractivity contribution is 0.0671. The van der Waals surface area contributed by atoms with Crippen molar-refractivity contribution in [2.45, 2.75) is 20.8 Å². The molecule has 0 heterocycles. The molecule has 0 bridgehead atoms. The van der Waals surface area contributed by atoms with Crippen LogP contribution in [0, 0.1) is 12.8 Å². The second-order valence-corrected chi connectivity index (χ2v) is 5.87. The molecule has 0 spiro atoms. The van der Waals surface area contributed by atoms with Crippen LogP contribution in [0.15, 0.2) is 22.7 Å². The molecule has 0 unspecified atom stereocenters. The summed E-state index contributed by atoms with van der Waals surface area (Å²) in [5.41, 5.74) is 1.79. The van der Waals surface area contributed by atoms with E-state index in [-0.39, 0.29) is 5.91 Å². The lowest BCUT2D eigenvalue weighted by atomic mass is 10.1. The molecule has 0 radical (unpaired) electrons. The van der Waals surface area contributed by atoms with Gasteiger partial charge in [-0.15, -0.1) is 0 Å². The number of amides is 1. The first-order valence-electron chi connectivity index (χ1n) is 6.50. The Morgan fingerprint density at radius 2 is 2.11 bits per heavy atom. The normalized spacial score (nSPS) is 10.8. The van der Waals surface area contributed by atoms with Crippen LogP contribution in [0.4, 0.5) is 0 Å². The zero-order chi connectivity index (χ0) is 14.4. The Kier molecular flexibility index (Phi) is 6.52. The highest BCUT2D eigenvalue weighted by Gasteiger charge is 2.19. The van der Waals surface area contributed by atoms with Gasteiger partial charge in [0.25, 0.3) is 5.91 Å². The van der Waals surface area contributed by atoms with Crippen molar-refractivity contribution in [2.75, 3.05) is 26.8 Å². The van der Waals surface area contributed by atoms with Gasteiger partial charge < -0.3 is 9.64 Å². The van der Waals surface area contributed by atoms with E-state index in [0.29, 0.717) is 19.1 Å². The van der Waals surface area contributed by atoms with Gasteiger partial charge >= 0.3 is 0 Å². The average Bonchev–Trinajstić information content (AvgIpc) is 2.36. The second kappa shape index (κ2) is 7.65. The number of halogens is 1. The highest BCUT2D eigenvalue weighted by molar-refractivity contribution is 9.10. The molecule has 106 valence electrons. The molecule has 1 aromatic carbocycles. The van der Waals surface area contributed by atoms with E-state index in [4.69, 9.17) is 4.74 Å². The summed E-state index contributed by atoms with van der Waals surface area (Å²) in [6.45, 7) is 8.12. The van der Waals surface area contributed by atoms with E-state index in [2.05, 4.69) is 29.8 Å². The topological polar surface area (TPSA) is 29.5 Å². The molecule has 3 nitrogen and oxygen atoms in total. The fourth-order valence-corrected chi connectivity index (χ4v) is 2.33. The predicted octanol–water partition coefficient (Wildman–Crippen LogP) is 3.50. The van der Waals surface area contributed by atoms with Crippen LogP contribution < -0.4 is 0 Å². The molecule has 0 aliphatic carbocycles. The maximum absolute atomic E-state index is 12.6. The van der Waals surface area contributed by atoms with Gasteiger partial charge in [-0.05, 0) is 40.4 Å². The van der Waals surface area contributed by atoms with Crippen LogP contribution >= 0.6 is 15.9 Å². The van der Waals surface area contributed by atoms with E-state index in [1.54, 1.807) is 7.11 Å². The molecular formula is C15H22BrNO2. The molecular weight excluding hydrogens is 306 g/mol. The van der Waals surface area contributed by atoms with Gasteiger partial charge in [-0.2, -0.15) is 0 Å². The van der Waals surface area contributed by atoms with Crippen molar-refractivity contribution >= 4 is 21.8 Å². The SMILES string of the molecule is COCCN(CC(C)C)C(=O)c1cccc(C)c1Br.